The number of ether oxygens (including phenoxy) is 1. The number of nitrogens with one attached hydrogen (secondary N) is 2. The monoisotopic (exact) mass is 344 g/mol. The summed E-state index contributed by atoms with van der Waals surface area (Å²) in [6, 6.07) is 4.75. The van der Waals surface area contributed by atoms with Gasteiger partial charge in [-0.1, -0.05) is 0 Å². The van der Waals surface area contributed by atoms with Crippen LogP contribution in [0.2, 0.25) is 0 Å². The van der Waals surface area contributed by atoms with Crippen LogP contribution in [0.4, 0.5) is 5.95 Å². The molecule has 130 valence electrons. The maximum absolute atomic E-state index is 12.1. The molecule has 0 amide bonds. The fourth-order valence-corrected chi connectivity index (χ4v) is 2.32. The summed E-state index contributed by atoms with van der Waals surface area (Å²) in [5, 5.41) is 13.6. The molecule has 10 nitrogen and oxygen atoms in total. The van der Waals surface area contributed by atoms with E-state index in [1.807, 2.05) is 0 Å². The Hall–Kier alpha value is -3.56. The zero-order valence-corrected chi connectivity index (χ0v) is 13.8. The first-order chi connectivity index (χ1) is 11.9. The number of imidazole rings is 1. The Balaban J connectivity index is 1.89. The van der Waals surface area contributed by atoms with Crippen molar-refractivity contribution in [1.29, 1.82) is 0 Å². The second-order valence-corrected chi connectivity index (χ2v) is 5.29. The Morgan fingerprint density at radius 1 is 1.32 bits per heavy atom. The number of rotatable bonds is 4. The van der Waals surface area contributed by atoms with Gasteiger partial charge in [0, 0.05) is 14.1 Å². The number of aromatic hydroxyl groups is 1. The Kier molecular flexibility index (Phi) is 4.01. The summed E-state index contributed by atoms with van der Waals surface area (Å²) < 4.78 is 7.29. The predicted molar refractivity (Wildman–Crippen MR) is 92.5 cm³/mol. The number of phenolic OH excluding ortho intramolecular Hbond substituents is 1. The van der Waals surface area contributed by atoms with Gasteiger partial charge in [0.15, 0.2) is 22.7 Å². The standard InChI is InChI=1S/C15H16N6O4/c1-20-12-11(13(23)21(2)15(20)24)17-14(18-12)19-16-7-8-4-5-9(22)10(6-8)25-3/h4-7,22H,1-3H3,(H2,17,18,19)/b16-7-. The highest BCUT2D eigenvalue weighted by atomic mass is 16.5. The van der Waals surface area contributed by atoms with Crippen molar-refractivity contribution in [1.82, 2.24) is 19.1 Å². The van der Waals surface area contributed by atoms with Crippen molar-refractivity contribution in [3.8, 4) is 11.5 Å². The third-order valence-corrected chi connectivity index (χ3v) is 3.68. The van der Waals surface area contributed by atoms with Gasteiger partial charge in [-0.2, -0.15) is 10.1 Å². The van der Waals surface area contributed by atoms with E-state index in [0.717, 1.165) is 4.57 Å². The minimum atomic E-state index is -0.467. The van der Waals surface area contributed by atoms with Gasteiger partial charge in [0.25, 0.3) is 5.56 Å². The van der Waals surface area contributed by atoms with Crippen LogP contribution in [0.1, 0.15) is 5.56 Å². The number of fused-ring (bicyclic) bond motifs is 1. The van der Waals surface area contributed by atoms with Crippen LogP contribution in [-0.2, 0) is 14.1 Å². The van der Waals surface area contributed by atoms with E-state index in [0.29, 0.717) is 11.3 Å². The largest absolute Gasteiger partial charge is 0.504 e. The van der Waals surface area contributed by atoms with Crippen LogP contribution in [0, 0.1) is 0 Å². The molecule has 2 heterocycles. The van der Waals surface area contributed by atoms with Gasteiger partial charge in [-0.05, 0) is 23.8 Å². The molecule has 0 fully saturated rings. The van der Waals surface area contributed by atoms with Crippen molar-refractivity contribution in [2.24, 2.45) is 19.2 Å². The summed E-state index contributed by atoms with van der Waals surface area (Å²) in [4.78, 5) is 30.9. The summed E-state index contributed by atoms with van der Waals surface area (Å²) >= 11 is 0. The first kappa shape index (κ1) is 16.3. The number of nitrogens with zero attached hydrogens (tertiary/aromatic N) is 4. The predicted octanol–water partition coefficient (Wildman–Crippen LogP) is 0.120. The Bertz CT molecular complexity index is 1090. The second kappa shape index (κ2) is 6.15. The fourth-order valence-electron chi connectivity index (χ4n) is 2.32. The highest BCUT2D eigenvalue weighted by Crippen LogP contribution is 2.25. The first-order valence-corrected chi connectivity index (χ1v) is 7.24. The molecule has 0 aliphatic rings. The molecule has 0 aliphatic carbocycles. The van der Waals surface area contributed by atoms with Crippen molar-refractivity contribution < 1.29 is 9.84 Å². The average Bonchev–Trinajstić information content (AvgIpc) is 3.04. The van der Waals surface area contributed by atoms with E-state index in [-0.39, 0.29) is 22.9 Å². The summed E-state index contributed by atoms with van der Waals surface area (Å²) in [7, 11) is 4.38. The van der Waals surface area contributed by atoms with E-state index < -0.39 is 11.2 Å². The van der Waals surface area contributed by atoms with E-state index in [9.17, 15) is 14.7 Å². The number of phenols is 1. The number of aryl methyl sites for hydroxylation is 1. The van der Waals surface area contributed by atoms with E-state index >= 15 is 0 Å². The van der Waals surface area contributed by atoms with Crippen LogP contribution < -0.4 is 21.4 Å². The molecule has 10 heteroatoms. The third-order valence-electron chi connectivity index (χ3n) is 3.68. The van der Waals surface area contributed by atoms with E-state index in [1.54, 1.807) is 12.1 Å². The third kappa shape index (κ3) is 2.84. The van der Waals surface area contributed by atoms with Crippen LogP contribution in [-0.4, -0.2) is 37.5 Å². The molecular weight excluding hydrogens is 328 g/mol. The molecule has 3 aromatic rings. The number of hydrazone groups is 1. The topological polar surface area (TPSA) is 127 Å². The zero-order valence-electron chi connectivity index (χ0n) is 13.8. The van der Waals surface area contributed by atoms with E-state index in [4.69, 9.17) is 4.74 Å². The highest BCUT2D eigenvalue weighted by molar-refractivity contribution is 5.81. The van der Waals surface area contributed by atoms with Crippen molar-refractivity contribution >= 4 is 23.3 Å². The summed E-state index contributed by atoms with van der Waals surface area (Å²) in [5.74, 6) is 0.572. The van der Waals surface area contributed by atoms with Crippen LogP contribution >= 0.6 is 0 Å². The van der Waals surface area contributed by atoms with Crippen molar-refractivity contribution in [3.63, 3.8) is 0 Å². The molecule has 0 unspecified atom stereocenters. The fraction of sp³-hybridized carbons (Fsp3) is 0.200. The molecule has 0 saturated carbocycles. The SMILES string of the molecule is COc1cc(/C=N\Nc2nc3c([nH]2)c(=O)n(C)c(=O)n3C)ccc1O. The van der Waals surface area contributed by atoms with Crippen LogP contribution in [0.3, 0.4) is 0 Å². The smallest absolute Gasteiger partial charge is 0.332 e. The molecule has 3 N–H and O–H groups in total. The molecule has 0 radical (unpaired) electrons. The summed E-state index contributed by atoms with van der Waals surface area (Å²) in [6.07, 6.45) is 1.49. The average molecular weight is 344 g/mol. The lowest BCUT2D eigenvalue weighted by atomic mass is 10.2. The second-order valence-electron chi connectivity index (χ2n) is 5.29. The number of hydrogen-bond acceptors (Lipinski definition) is 7. The minimum absolute atomic E-state index is 0.0293. The zero-order chi connectivity index (χ0) is 18.1. The Morgan fingerprint density at radius 2 is 2.08 bits per heavy atom. The maximum Gasteiger partial charge on any atom is 0.332 e. The lowest BCUT2D eigenvalue weighted by molar-refractivity contribution is 0.373. The Labute approximate surface area is 141 Å². The van der Waals surface area contributed by atoms with Gasteiger partial charge in [0.2, 0.25) is 5.95 Å². The van der Waals surface area contributed by atoms with Gasteiger partial charge >= 0.3 is 5.69 Å². The van der Waals surface area contributed by atoms with Gasteiger partial charge in [-0.25, -0.2) is 10.2 Å². The van der Waals surface area contributed by atoms with Crippen LogP contribution in [0.5, 0.6) is 11.5 Å². The van der Waals surface area contributed by atoms with Gasteiger partial charge < -0.3 is 14.8 Å². The van der Waals surface area contributed by atoms with E-state index in [1.165, 1.54) is 38.1 Å². The minimum Gasteiger partial charge on any atom is -0.504 e. The number of benzene rings is 1. The molecule has 1 aromatic carbocycles. The molecule has 0 atom stereocenters. The lowest BCUT2D eigenvalue weighted by Gasteiger charge is -2.03. The van der Waals surface area contributed by atoms with Crippen LogP contribution in [0.15, 0.2) is 32.9 Å². The summed E-state index contributed by atoms with van der Waals surface area (Å²) in [5.41, 5.74) is 2.85. The number of hydrogen-bond donors (Lipinski definition) is 3. The molecule has 2 aromatic heterocycles. The normalized spacial score (nSPS) is 11.3. The summed E-state index contributed by atoms with van der Waals surface area (Å²) in [6.45, 7) is 0. The molecule has 0 saturated heterocycles. The van der Waals surface area contributed by atoms with Crippen molar-refractivity contribution in [2.75, 3.05) is 12.5 Å². The maximum atomic E-state index is 12.1. The molecule has 0 spiro atoms. The number of aromatic amines is 1. The van der Waals surface area contributed by atoms with E-state index in [2.05, 4.69) is 20.5 Å². The number of H-pyrrole nitrogens is 1. The van der Waals surface area contributed by atoms with Gasteiger partial charge in [-0.3, -0.25) is 13.9 Å². The van der Waals surface area contributed by atoms with Crippen molar-refractivity contribution in [3.05, 3.63) is 44.6 Å². The van der Waals surface area contributed by atoms with Crippen molar-refractivity contribution in [2.45, 2.75) is 0 Å². The number of anilines is 1. The Morgan fingerprint density at radius 3 is 2.80 bits per heavy atom. The molecule has 0 aliphatic heterocycles. The van der Waals surface area contributed by atoms with Crippen LogP contribution in [0.25, 0.3) is 11.2 Å². The molecule has 3 rings (SSSR count). The lowest BCUT2D eigenvalue weighted by Crippen LogP contribution is -2.36. The molecular formula is C15H16N6O4. The van der Waals surface area contributed by atoms with Gasteiger partial charge in [0.05, 0.1) is 13.3 Å². The number of aromatic nitrogens is 4. The highest BCUT2D eigenvalue weighted by Gasteiger charge is 2.12. The molecule has 25 heavy (non-hydrogen) atoms. The number of methoxy groups -OCH3 is 1. The quantitative estimate of drug-likeness (QED) is 0.456. The van der Waals surface area contributed by atoms with Gasteiger partial charge in [0.1, 0.15) is 0 Å². The molecule has 0 bridgehead atoms. The first-order valence-electron chi connectivity index (χ1n) is 7.24. The van der Waals surface area contributed by atoms with Gasteiger partial charge in [-0.15, -0.1) is 0 Å².